The van der Waals surface area contributed by atoms with Gasteiger partial charge in [-0.15, -0.1) is 0 Å². The van der Waals surface area contributed by atoms with E-state index in [1.54, 1.807) is 19.2 Å². The Morgan fingerprint density at radius 3 is 2.56 bits per heavy atom. The maximum Gasteiger partial charge on any atom is 0.341 e. The summed E-state index contributed by atoms with van der Waals surface area (Å²) in [7, 11) is 3.09. The lowest BCUT2D eigenvalue weighted by Crippen LogP contribution is -2.27. The molecule has 1 atom stereocenters. The Hall–Kier alpha value is -3.09. The van der Waals surface area contributed by atoms with Crippen molar-refractivity contribution in [2.45, 2.75) is 18.8 Å². The monoisotopic (exact) mass is 343 g/mol. The van der Waals surface area contributed by atoms with E-state index < -0.39 is 17.1 Å². The summed E-state index contributed by atoms with van der Waals surface area (Å²) < 4.78 is 10.6. The SMILES string of the molecule is COc1ccc(C2CC(=O)c3cc(C(=O)O)c(=O)[nH]c3C2)c(OC)c1. The Morgan fingerprint density at radius 2 is 1.92 bits per heavy atom. The highest BCUT2D eigenvalue weighted by atomic mass is 16.5. The van der Waals surface area contributed by atoms with Crippen LogP contribution >= 0.6 is 0 Å². The number of hydrogen-bond acceptors (Lipinski definition) is 5. The Morgan fingerprint density at radius 1 is 1.16 bits per heavy atom. The number of benzene rings is 1. The van der Waals surface area contributed by atoms with Gasteiger partial charge in [0.05, 0.1) is 14.2 Å². The summed E-state index contributed by atoms with van der Waals surface area (Å²) in [4.78, 5) is 38.0. The minimum atomic E-state index is -1.35. The number of aromatic carboxylic acids is 1. The standard InChI is InChI=1S/C18H17NO6/c1-24-10-3-4-11(16(7-10)25-2)9-5-14-12(15(20)6-9)8-13(18(22)23)17(21)19-14/h3-4,7-9H,5-6H2,1-2H3,(H,19,21)(H,22,23). The molecule has 0 saturated heterocycles. The summed E-state index contributed by atoms with van der Waals surface area (Å²) in [6, 6.07) is 6.53. The molecule has 1 heterocycles. The number of carbonyl (C=O) groups is 2. The summed E-state index contributed by atoms with van der Waals surface area (Å²) in [5, 5.41) is 9.04. The fourth-order valence-electron chi connectivity index (χ4n) is 3.17. The fourth-order valence-corrected chi connectivity index (χ4v) is 3.17. The van der Waals surface area contributed by atoms with E-state index in [2.05, 4.69) is 4.98 Å². The summed E-state index contributed by atoms with van der Waals surface area (Å²) in [6.07, 6.45) is 0.625. The van der Waals surface area contributed by atoms with Crippen LogP contribution in [0.25, 0.3) is 0 Å². The van der Waals surface area contributed by atoms with Gasteiger partial charge in [0.15, 0.2) is 5.78 Å². The van der Waals surface area contributed by atoms with Crippen molar-refractivity contribution in [1.82, 2.24) is 4.98 Å². The first-order chi connectivity index (χ1) is 11.9. The molecular weight excluding hydrogens is 326 g/mol. The van der Waals surface area contributed by atoms with E-state index in [0.717, 1.165) is 5.56 Å². The summed E-state index contributed by atoms with van der Waals surface area (Å²) in [5.74, 6) is -0.487. The molecule has 1 unspecified atom stereocenters. The molecule has 25 heavy (non-hydrogen) atoms. The van der Waals surface area contributed by atoms with E-state index in [9.17, 15) is 14.4 Å². The van der Waals surface area contributed by atoms with Crippen molar-refractivity contribution in [2.75, 3.05) is 14.2 Å². The van der Waals surface area contributed by atoms with Gasteiger partial charge in [0.1, 0.15) is 17.1 Å². The van der Waals surface area contributed by atoms with Gasteiger partial charge in [-0.3, -0.25) is 9.59 Å². The quantitative estimate of drug-likeness (QED) is 0.879. The molecule has 7 nitrogen and oxygen atoms in total. The van der Waals surface area contributed by atoms with E-state index in [1.165, 1.54) is 13.2 Å². The average molecular weight is 343 g/mol. The van der Waals surface area contributed by atoms with Gasteiger partial charge in [-0.1, -0.05) is 6.07 Å². The number of fused-ring (bicyclic) bond motifs is 1. The van der Waals surface area contributed by atoms with Crippen molar-refractivity contribution < 1.29 is 24.2 Å². The Labute approximate surface area is 143 Å². The second-order valence-electron chi connectivity index (χ2n) is 5.85. The van der Waals surface area contributed by atoms with E-state index in [4.69, 9.17) is 14.6 Å². The number of carboxylic acid groups (broad SMARTS) is 1. The van der Waals surface area contributed by atoms with Crippen LogP contribution in [0.15, 0.2) is 29.1 Å². The van der Waals surface area contributed by atoms with Crippen molar-refractivity contribution in [3.63, 3.8) is 0 Å². The normalized spacial score (nSPS) is 16.2. The third-order valence-electron chi connectivity index (χ3n) is 4.42. The summed E-state index contributed by atoms with van der Waals surface area (Å²) in [6.45, 7) is 0. The molecule has 0 aliphatic heterocycles. The zero-order chi connectivity index (χ0) is 18.1. The van der Waals surface area contributed by atoms with Gasteiger partial charge in [-0.2, -0.15) is 0 Å². The van der Waals surface area contributed by atoms with Crippen molar-refractivity contribution >= 4 is 11.8 Å². The Bertz CT molecular complexity index is 914. The Kier molecular flexibility index (Phi) is 4.31. The van der Waals surface area contributed by atoms with Crippen molar-refractivity contribution in [1.29, 1.82) is 0 Å². The van der Waals surface area contributed by atoms with Crippen LogP contribution in [0.2, 0.25) is 0 Å². The number of rotatable bonds is 4. The lowest BCUT2D eigenvalue weighted by atomic mass is 9.81. The fraction of sp³-hybridized carbons (Fsp3) is 0.278. The molecule has 0 bridgehead atoms. The number of ketones is 1. The number of nitrogens with one attached hydrogen (secondary N) is 1. The van der Waals surface area contributed by atoms with Crippen LogP contribution in [0.4, 0.5) is 0 Å². The van der Waals surface area contributed by atoms with Gasteiger partial charge in [0.25, 0.3) is 5.56 Å². The zero-order valence-corrected chi connectivity index (χ0v) is 13.8. The first-order valence-corrected chi connectivity index (χ1v) is 7.69. The minimum absolute atomic E-state index is 0.174. The van der Waals surface area contributed by atoms with Crippen LogP contribution in [0.3, 0.4) is 0 Å². The summed E-state index contributed by atoms with van der Waals surface area (Å²) >= 11 is 0. The second kappa shape index (κ2) is 6.43. The highest BCUT2D eigenvalue weighted by Gasteiger charge is 2.30. The average Bonchev–Trinajstić information content (AvgIpc) is 2.60. The molecule has 1 aliphatic rings. The maximum absolute atomic E-state index is 12.5. The maximum atomic E-state index is 12.5. The van der Waals surface area contributed by atoms with Crippen LogP contribution < -0.4 is 15.0 Å². The number of pyridine rings is 1. The van der Waals surface area contributed by atoms with Gasteiger partial charge >= 0.3 is 5.97 Å². The molecule has 7 heteroatoms. The smallest absolute Gasteiger partial charge is 0.341 e. The number of carboxylic acids is 1. The molecule has 130 valence electrons. The van der Waals surface area contributed by atoms with Gasteiger partial charge in [-0.25, -0.2) is 4.79 Å². The van der Waals surface area contributed by atoms with Crippen LogP contribution in [-0.4, -0.2) is 36.1 Å². The van der Waals surface area contributed by atoms with Gasteiger partial charge in [0, 0.05) is 29.7 Å². The Balaban J connectivity index is 2.02. The van der Waals surface area contributed by atoms with E-state index in [0.29, 0.717) is 23.6 Å². The number of aromatic amines is 1. The van der Waals surface area contributed by atoms with Gasteiger partial charge in [0.2, 0.25) is 0 Å². The van der Waals surface area contributed by atoms with E-state index >= 15 is 0 Å². The molecule has 0 radical (unpaired) electrons. The molecule has 0 spiro atoms. The highest BCUT2D eigenvalue weighted by molar-refractivity contribution is 6.00. The predicted octanol–water partition coefficient (Wildman–Crippen LogP) is 2.00. The third kappa shape index (κ3) is 3.00. The van der Waals surface area contributed by atoms with Gasteiger partial charge in [-0.05, 0) is 24.1 Å². The molecule has 2 N–H and O–H groups in total. The molecule has 1 aromatic carbocycles. The van der Waals surface area contributed by atoms with Crippen molar-refractivity contribution in [3.8, 4) is 11.5 Å². The molecule has 0 saturated carbocycles. The number of ether oxygens (including phenoxy) is 2. The minimum Gasteiger partial charge on any atom is -0.497 e. The lowest BCUT2D eigenvalue weighted by Gasteiger charge is -2.25. The first kappa shape index (κ1) is 16.8. The molecule has 0 fully saturated rings. The highest BCUT2D eigenvalue weighted by Crippen LogP contribution is 2.37. The molecule has 2 aromatic rings. The number of hydrogen-bond donors (Lipinski definition) is 2. The van der Waals surface area contributed by atoms with Gasteiger partial charge < -0.3 is 19.6 Å². The molecule has 1 aromatic heterocycles. The number of Topliss-reactive ketones (excluding diaryl/α,β-unsaturated/α-hetero) is 1. The first-order valence-electron chi connectivity index (χ1n) is 7.69. The number of aromatic nitrogens is 1. The third-order valence-corrected chi connectivity index (χ3v) is 4.42. The van der Waals surface area contributed by atoms with Crippen LogP contribution in [0.5, 0.6) is 11.5 Å². The van der Waals surface area contributed by atoms with Crippen molar-refractivity contribution in [3.05, 3.63) is 57.0 Å². The molecule has 1 aliphatic carbocycles. The van der Waals surface area contributed by atoms with Crippen molar-refractivity contribution in [2.24, 2.45) is 0 Å². The number of carbonyl (C=O) groups excluding carboxylic acids is 1. The molecular formula is C18H17NO6. The zero-order valence-electron chi connectivity index (χ0n) is 13.8. The van der Waals surface area contributed by atoms with E-state index in [-0.39, 0.29) is 23.7 Å². The molecule has 3 rings (SSSR count). The number of methoxy groups -OCH3 is 2. The van der Waals surface area contributed by atoms with Crippen LogP contribution in [-0.2, 0) is 6.42 Å². The van der Waals surface area contributed by atoms with Crippen LogP contribution in [0.1, 0.15) is 44.3 Å². The number of H-pyrrole nitrogens is 1. The predicted molar refractivity (Wildman–Crippen MR) is 89.0 cm³/mol. The summed E-state index contributed by atoms with van der Waals surface area (Å²) in [5.41, 5.74) is 0.425. The lowest BCUT2D eigenvalue weighted by molar-refractivity contribution is 0.0695. The molecule has 0 amide bonds. The second-order valence-corrected chi connectivity index (χ2v) is 5.85. The largest absolute Gasteiger partial charge is 0.497 e. The topological polar surface area (TPSA) is 106 Å². The van der Waals surface area contributed by atoms with E-state index in [1.807, 2.05) is 6.07 Å². The van der Waals surface area contributed by atoms with Crippen LogP contribution in [0, 0.1) is 0 Å².